The van der Waals surface area contributed by atoms with E-state index in [-0.39, 0.29) is 0 Å². The molecule has 0 spiro atoms. The van der Waals surface area contributed by atoms with Gasteiger partial charge < -0.3 is 0 Å². The van der Waals surface area contributed by atoms with Crippen molar-refractivity contribution in [2.45, 2.75) is 0 Å². The van der Waals surface area contributed by atoms with Gasteiger partial charge in [-0.3, -0.25) is 4.57 Å². The van der Waals surface area contributed by atoms with Gasteiger partial charge >= 0.3 is 0 Å². The fraction of sp³-hybridized carbons (Fsp3) is 0. The Morgan fingerprint density at radius 1 is 0.476 bits per heavy atom. The van der Waals surface area contributed by atoms with Crippen molar-refractivity contribution in [3.05, 3.63) is 140 Å². The molecule has 9 rings (SSSR count). The normalized spacial score (nSPS) is 11.8. The topological polar surface area (TPSA) is 30.7 Å². The summed E-state index contributed by atoms with van der Waals surface area (Å²) in [5.41, 5.74) is 5.23. The van der Waals surface area contributed by atoms with Crippen LogP contribution in [0.4, 0.5) is 0 Å². The zero-order chi connectivity index (χ0) is 27.6. The SMILES string of the molecule is c1ccc(-c2cc(-n3c4ccccc4c4cc5c(ccc6c7ccccc7sc56)cc43)nc(-c3ccccc3)n2)cc1. The van der Waals surface area contributed by atoms with Gasteiger partial charge in [-0.05, 0) is 29.7 Å². The van der Waals surface area contributed by atoms with Crippen molar-refractivity contribution in [2.75, 3.05) is 0 Å². The van der Waals surface area contributed by atoms with E-state index in [0.29, 0.717) is 5.82 Å². The van der Waals surface area contributed by atoms with E-state index >= 15 is 0 Å². The van der Waals surface area contributed by atoms with Crippen LogP contribution in [0, 0.1) is 0 Å². The van der Waals surface area contributed by atoms with Crippen molar-refractivity contribution in [3.8, 4) is 28.5 Å². The predicted molar refractivity (Wildman–Crippen MR) is 178 cm³/mol. The van der Waals surface area contributed by atoms with Crippen LogP contribution >= 0.6 is 11.3 Å². The maximum Gasteiger partial charge on any atom is 0.162 e. The highest BCUT2D eigenvalue weighted by Crippen LogP contribution is 2.42. The molecule has 0 radical (unpaired) electrons. The van der Waals surface area contributed by atoms with Crippen LogP contribution in [0.1, 0.15) is 0 Å². The molecule has 0 atom stereocenters. The highest BCUT2D eigenvalue weighted by Gasteiger charge is 2.18. The summed E-state index contributed by atoms with van der Waals surface area (Å²) in [6.45, 7) is 0. The van der Waals surface area contributed by atoms with Crippen molar-refractivity contribution >= 4 is 64.1 Å². The fourth-order valence-electron chi connectivity index (χ4n) is 6.24. The van der Waals surface area contributed by atoms with E-state index in [2.05, 4.69) is 120 Å². The Bertz CT molecular complexity index is 2400. The average Bonchev–Trinajstić information content (AvgIpc) is 3.60. The number of rotatable bonds is 3. The summed E-state index contributed by atoms with van der Waals surface area (Å²) in [5, 5.41) is 7.61. The van der Waals surface area contributed by atoms with Crippen molar-refractivity contribution in [1.29, 1.82) is 0 Å². The molecule has 0 saturated carbocycles. The third-order valence-corrected chi connectivity index (χ3v) is 9.42. The number of nitrogens with zero attached hydrogens (tertiary/aromatic N) is 3. The van der Waals surface area contributed by atoms with Gasteiger partial charge in [-0.2, -0.15) is 0 Å². The summed E-state index contributed by atoms with van der Waals surface area (Å²) >= 11 is 1.88. The molecular formula is C38H23N3S. The maximum absolute atomic E-state index is 5.18. The van der Waals surface area contributed by atoms with Crippen LogP contribution in [0.2, 0.25) is 0 Å². The molecule has 9 aromatic rings. The molecule has 0 amide bonds. The molecule has 0 aliphatic rings. The first kappa shape index (κ1) is 23.4. The second-order valence-electron chi connectivity index (χ2n) is 10.7. The average molecular weight is 554 g/mol. The van der Waals surface area contributed by atoms with Crippen LogP contribution < -0.4 is 0 Å². The van der Waals surface area contributed by atoms with Gasteiger partial charge in [0.2, 0.25) is 0 Å². The molecule has 3 nitrogen and oxygen atoms in total. The van der Waals surface area contributed by atoms with Crippen LogP contribution in [0.15, 0.2) is 140 Å². The molecule has 0 saturated heterocycles. The standard InChI is InChI=1S/C38H23N3S/c1-3-11-24(12-4-1)32-23-36(40-38(39-32)25-13-5-2-6-14-25)41-33-17-9-7-15-27(33)31-22-30-26(21-34(31)41)19-20-29-28-16-8-10-18-35(28)42-37(29)30/h1-23H. The number of aromatic nitrogens is 3. The minimum absolute atomic E-state index is 0.714. The lowest BCUT2D eigenvalue weighted by atomic mass is 10.0. The zero-order valence-corrected chi connectivity index (χ0v) is 23.3. The van der Waals surface area contributed by atoms with Gasteiger partial charge in [0.05, 0.1) is 16.7 Å². The molecule has 0 aliphatic heterocycles. The highest BCUT2D eigenvalue weighted by atomic mass is 32.1. The van der Waals surface area contributed by atoms with Crippen LogP contribution in [0.3, 0.4) is 0 Å². The fourth-order valence-corrected chi connectivity index (χ4v) is 7.47. The van der Waals surface area contributed by atoms with E-state index in [4.69, 9.17) is 9.97 Å². The van der Waals surface area contributed by atoms with E-state index in [1.807, 2.05) is 35.6 Å². The lowest BCUT2D eigenvalue weighted by Crippen LogP contribution is -2.02. The number of fused-ring (bicyclic) bond motifs is 8. The van der Waals surface area contributed by atoms with E-state index in [0.717, 1.165) is 33.7 Å². The minimum Gasteiger partial charge on any atom is -0.294 e. The predicted octanol–water partition coefficient (Wildman–Crippen LogP) is 10.4. The van der Waals surface area contributed by atoms with Crippen LogP contribution in [0.25, 0.3) is 81.2 Å². The lowest BCUT2D eigenvalue weighted by Gasteiger charge is -2.12. The van der Waals surface area contributed by atoms with E-state index in [1.165, 1.54) is 41.7 Å². The molecule has 0 bridgehead atoms. The van der Waals surface area contributed by atoms with Gasteiger partial charge in [0, 0.05) is 53.5 Å². The van der Waals surface area contributed by atoms with Gasteiger partial charge in [0.25, 0.3) is 0 Å². The first-order chi connectivity index (χ1) is 20.8. The maximum atomic E-state index is 5.18. The smallest absolute Gasteiger partial charge is 0.162 e. The summed E-state index contributed by atoms with van der Waals surface area (Å²) in [6.07, 6.45) is 0. The molecule has 196 valence electrons. The molecular weight excluding hydrogens is 531 g/mol. The van der Waals surface area contributed by atoms with Gasteiger partial charge in [-0.1, -0.05) is 109 Å². The van der Waals surface area contributed by atoms with Gasteiger partial charge in [0.1, 0.15) is 5.82 Å². The Hall–Kier alpha value is -5.32. The number of hydrogen-bond donors (Lipinski definition) is 0. The largest absolute Gasteiger partial charge is 0.294 e. The molecule has 0 unspecified atom stereocenters. The van der Waals surface area contributed by atoms with E-state index < -0.39 is 0 Å². The van der Waals surface area contributed by atoms with Gasteiger partial charge in [-0.25, -0.2) is 9.97 Å². The lowest BCUT2D eigenvalue weighted by molar-refractivity contribution is 1.05. The minimum atomic E-state index is 0.714. The quantitative estimate of drug-likeness (QED) is 0.218. The first-order valence-corrected chi connectivity index (χ1v) is 14.9. The number of para-hydroxylation sites is 1. The second-order valence-corrected chi connectivity index (χ2v) is 11.7. The van der Waals surface area contributed by atoms with E-state index in [1.54, 1.807) is 0 Å². The number of hydrogen-bond acceptors (Lipinski definition) is 3. The number of thiophene rings is 1. The Morgan fingerprint density at radius 3 is 2.02 bits per heavy atom. The molecule has 0 aliphatic carbocycles. The summed E-state index contributed by atoms with van der Waals surface area (Å²) in [7, 11) is 0. The molecule has 0 fully saturated rings. The van der Waals surface area contributed by atoms with Crippen molar-refractivity contribution < 1.29 is 0 Å². The Labute approximate surface area is 246 Å². The van der Waals surface area contributed by atoms with Crippen molar-refractivity contribution in [1.82, 2.24) is 14.5 Å². The summed E-state index contributed by atoms with van der Waals surface area (Å²) in [6, 6.07) is 49.4. The monoisotopic (exact) mass is 553 g/mol. The van der Waals surface area contributed by atoms with Gasteiger partial charge in [-0.15, -0.1) is 11.3 Å². The molecule has 4 heteroatoms. The van der Waals surface area contributed by atoms with Crippen LogP contribution in [0.5, 0.6) is 0 Å². The highest BCUT2D eigenvalue weighted by molar-refractivity contribution is 7.26. The van der Waals surface area contributed by atoms with Crippen LogP contribution in [-0.4, -0.2) is 14.5 Å². The number of benzene rings is 6. The van der Waals surface area contributed by atoms with Crippen molar-refractivity contribution in [3.63, 3.8) is 0 Å². The van der Waals surface area contributed by atoms with Crippen molar-refractivity contribution in [2.24, 2.45) is 0 Å². The Morgan fingerprint density at radius 2 is 1.19 bits per heavy atom. The Kier molecular flexibility index (Phi) is 5.07. The molecule has 6 aromatic carbocycles. The summed E-state index contributed by atoms with van der Waals surface area (Å²) < 4.78 is 4.97. The zero-order valence-electron chi connectivity index (χ0n) is 22.5. The molecule has 42 heavy (non-hydrogen) atoms. The third-order valence-electron chi connectivity index (χ3n) is 8.20. The summed E-state index contributed by atoms with van der Waals surface area (Å²) in [5.74, 6) is 1.57. The second kappa shape index (κ2) is 9.10. The summed E-state index contributed by atoms with van der Waals surface area (Å²) in [4.78, 5) is 10.2. The molecule has 3 heterocycles. The Balaban J connectivity index is 1.38. The molecule has 3 aromatic heterocycles. The molecule has 0 N–H and O–H groups in total. The van der Waals surface area contributed by atoms with E-state index in [9.17, 15) is 0 Å². The van der Waals surface area contributed by atoms with Crippen LogP contribution in [-0.2, 0) is 0 Å². The van der Waals surface area contributed by atoms with Gasteiger partial charge in [0.15, 0.2) is 5.82 Å². The first-order valence-electron chi connectivity index (χ1n) is 14.1. The third kappa shape index (κ3) is 3.52.